The van der Waals surface area contributed by atoms with Crippen LogP contribution in [0.15, 0.2) is 24.4 Å². The largest absolute Gasteiger partial charge is 0.310 e. The topological polar surface area (TPSA) is 62.3 Å². The van der Waals surface area contributed by atoms with Crippen LogP contribution in [0.1, 0.15) is 12.8 Å². The monoisotopic (exact) mass is 233 g/mol. The lowest BCUT2D eigenvalue weighted by Gasteiger charge is -2.24. The van der Waals surface area contributed by atoms with Crippen LogP contribution in [0.25, 0.3) is 0 Å². The summed E-state index contributed by atoms with van der Waals surface area (Å²) in [5.74, 6) is 0.759. The number of nitrogens with zero attached hydrogens (tertiary/aromatic N) is 2. The summed E-state index contributed by atoms with van der Waals surface area (Å²) in [5, 5.41) is 2.72. The third kappa shape index (κ3) is 3.64. The molecule has 0 aromatic carbocycles. The third-order valence-corrected chi connectivity index (χ3v) is 2.71. The number of nitrogens with one attached hydrogen (secondary N) is 1. The second-order valence-electron chi connectivity index (χ2n) is 4.08. The summed E-state index contributed by atoms with van der Waals surface area (Å²) in [7, 11) is 0. The van der Waals surface area contributed by atoms with Gasteiger partial charge in [-0.2, -0.15) is 0 Å². The Kier molecular flexibility index (Phi) is 3.82. The molecule has 1 fully saturated rings. The van der Waals surface area contributed by atoms with E-state index < -0.39 is 0 Å². The van der Waals surface area contributed by atoms with E-state index in [1.807, 2.05) is 11.0 Å². The van der Waals surface area contributed by atoms with Crippen LogP contribution < -0.4 is 5.32 Å². The number of carbonyl (C=O) groups is 2. The normalized spacial score (nSPS) is 16.8. The van der Waals surface area contributed by atoms with Crippen LogP contribution in [0.3, 0.4) is 0 Å². The highest BCUT2D eigenvalue weighted by atomic mass is 16.2. The van der Waals surface area contributed by atoms with Gasteiger partial charge in [-0.3, -0.25) is 14.5 Å². The molecule has 0 bridgehead atoms. The Morgan fingerprint density at radius 3 is 2.76 bits per heavy atom. The average molecular weight is 233 g/mol. The molecular weight excluding hydrogens is 218 g/mol. The van der Waals surface area contributed by atoms with Gasteiger partial charge in [0.2, 0.25) is 5.91 Å². The number of anilines is 1. The Hall–Kier alpha value is -1.75. The molecule has 0 aliphatic carbocycles. The lowest BCUT2D eigenvalue weighted by atomic mass is 10.1. The van der Waals surface area contributed by atoms with Gasteiger partial charge in [0, 0.05) is 32.1 Å². The van der Waals surface area contributed by atoms with E-state index in [2.05, 4.69) is 10.3 Å². The minimum atomic E-state index is -0.0851. The van der Waals surface area contributed by atoms with Crippen LogP contribution in [0.4, 0.5) is 5.82 Å². The number of hydrogen-bond acceptors (Lipinski definition) is 4. The van der Waals surface area contributed by atoms with Crippen LogP contribution in [0, 0.1) is 0 Å². The van der Waals surface area contributed by atoms with Crippen molar-refractivity contribution in [1.29, 1.82) is 0 Å². The predicted molar refractivity (Wildman–Crippen MR) is 63.5 cm³/mol. The Morgan fingerprint density at radius 1 is 1.35 bits per heavy atom. The van der Waals surface area contributed by atoms with E-state index in [-0.39, 0.29) is 11.7 Å². The van der Waals surface area contributed by atoms with Gasteiger partial charge >= 0.3 is 0 Å². The molecule has 1 saturated heterocycles. The van der Waals surface area contributed by atoms with Gasteiger partial charge in [-0.1, -0.05) is 6.07 Å². The molecular formula is C12H15N3O2. The van der Waals surface area contributed by atoms with Gasteiger partial charge in [0.25, 0.3) is 0 Å². The number of carbonyl (C=O) groups excluding carboxylic acids is 2. The molecule has 0 radical (unpaired) electrons. The Balaban J connectivity index is 1.80. The maximum Gasteiger partial charge on any atom is 0.239 e. The molecule has 1 aromatic rings. The van der Waals surface area contributed by atoms with E-state index in [0.717, 1.165) is 0 Å². The van der Waals surface area contributed by atoms with E-state index >= 15 is 0 Å². The molecule has 2 rings (SSSR count). The van der Waals surface area contributed by atoms with E-state index in [0.29, 0.717) is 38.3 Å². The molecule has 1 aliphatic rings. The number of piperidine rings is 1. The molecule has 5 heteroatoms. The van der Waals surface area contributed by atoms with Crippen molar-refractivity contribution in [3.8, 4) is 0 Å². The van der Waals surface area contributed by atoms with Crippen molar-refractivity contribution in [3.05, 3.63) is 24.4 Å². The molecule has 1 amide bonds. The van der Waals surface area contributed by atoms with Crippen molar-refractivity contribution in [3.63, 3.8) is 0 Å². The first-order chi connectivity index (χ1) is 8.24. The lowest BCUT2D eigenvalue weighted by Crippen LogP contribution is -2.39. The Bertz CT molecular complexity index is 395. The van der Waals surface area contributed by atoms with Crippen LogP contribution in [0.2, 0.25) is 0 Å². The molecule has 17 heavy (non-hydrogen) atoms. The number of hydrogen-bond donors (Lipinski definition) is 1. The molecule has 90 valence electrons. The molecule has 5 nitrogen and oxygen atoms in total. The fourth-order valence-corrected chi connectivity index (χ4v) is 1.78. The lowest BCUT2D eigenvalue weighted by molar-refractivity contribution is -0.124. The summed E-state index contributed by atoms with van der Waals surface area (Å²) < 4.78 is 0. The second-order valence-corrected chi connectivity index (χ2v) is 4.08. The van der Waals surface area contributed by atoms with Gasteiger partial charge in [0.15, 0.2) is 0 Å². The van der Waals surface area contributed by atoms with Crippen molar-refractivity contribution < 1.29 is 9.59 Å². The number of amides is 1. The average Bonchev–Trinajstić information content (AvgIpc) is 2.33. The number of Topliss-reactive ketones (excluding diaryl/α,β-unsaturated/α-hetero) is 1. The van der Waals surface area contributed by atoms with Crippen molar-refractivity contribution in [2.45, 2.75) is 12.8 Å². The van der Waals surface area contributed by atoms with Crippen LogP contribution in [0.5, 0.6) is 0 Å². The quantitative estimate of drug-likeness (QED) is 0.834. The summed E-state index contributed by atoms with van der Waals surface area (Å²) >= 11 is 0. The van der Waals surface area contributed by atoms with E-state index in [9.17, 15) is 9.59 Å². The highest BCUT2D eigenvalue weighted by Gasteiger charge is 2.18. The highest BCUT2D eigenvalue weighted by Crippen LogP contribution is 2.06. The molecule has 0 spiro atoms. The summed E-state index contributed by atoms with van der Waals surface area (Å²) in [6.07, 6.45) is 2.74. The van der Waals surface area contributed by atoms with Gasteiger partial charge in [-0.25, -0.2) is 4.98 Å². The summed E-state index contributed by atoms with van der Waals surface area (Å²) in [4.78, 5) is 28.7. The zero-order chi connectivity index (χ0) is 12.1. The fraction of sp³-hybridized carbons (Fsp3) is 0.417. The van der Waals surface area contributed by atoms with Crippen LogP contribution >= 0.6 is 0 Å². The smallest absolute Gasteiger partial charge is 0.239 e. The van der Waals surface area contributed by atoms with Gasteiger partial charge in [0.05, 0.1) is 6.54 Å². The van der Waals surface area contributed by atoms with Crippen LogP contribution in [-0.4, -0.2) is 41.2 Å². The number of aromatic nitrogens is 1. The molecule has 1 aromatic heterocycles. The minimum absolute atomic E-state index is 0.0851. The maximum atomic E-state index is 11.7. The zero-order valence-corrected chi connectivity index (χ0v) is 9.56. The van der Waals surface area contributed by atoms with E-state index in [1.54, 1.807) is 18.3 Å². The zero-order valence-electron chi connectivity index (χ0n) is 9.56. The van der Waals surface area contributed by atoms with Crippen molar-refractivity contribution in [2.24, 2.45) is 0 Å². The summed E-state index contributed by atoms with van der Waals surface area (Å²) in [5.41, 5.74) is 0. The molecule has 0 atom stereocenters. The van der Waals surface area contributed by atoms with Crippen molar-refractivity contribution in [2.75, 3.05) is 25.0 Å². The Labute approximate surface area is 99.8 Å². The maximum absolute atomic E-state index is 11.7. The molecule has 1 N–H and O–H groups in total. The standard InChI is InChI=1S/C12H15N3O2/c16-10-4-7-15(8-5-10)9-12(17)14-11-3-1-2-6-13-11/h1-3,6H,4-5,7-9H2,(H,13,14,17). The fourth-order valence-electron chi connectivity index (χ4n) is 1.78. The molecule has 1 aliphatic heterocycles. The SMILES string of the molecule is O=C1CCN(CC(=O)Nc2ccccn2)CC1. The van der Waals surface area contributed by atoms with Crippen molar-refractivity contribution >= 4 is 17.5 Å². The Morgan fingerprint density at radius 2 is 2.12 bits per heavy atom. The van der Waals surface area contributed by atoms with Gasteiger partial charge in [0.1, 0.15) is 11.6 Å². The second kappa shape index (κ2) is 5.54. The first-order valence-electron chi connectivity index (χ1n) is 5.69. The number of likely N-dealkylation sites (tertiary alicyclic amines) is 1. The summed E-state index contributed by atoms with van der Waals surface area (Å²) in [6, 6.07) is 5.37. The van der Waals surface area contributed by atoms with Crippen molar-refractivity contribution in [1.82, 2.24) is 9.88 Å². The predicted octanol–water partition coefficient (Wildman–Crippen LogP) is 0.685. The minimum Gasteiger partial charge on any atom is -0.310 e. The molecule has 2 heterocycles. The highest BCUT2D eigenvalue weighted by molar-refractivity contribution is 5.91. The third-order valence-electron chi connectivity index (χ3n) is 2.71. The van der Waals surface area contributed by atoms with Gasteiger partial charge in [-0.15, -0.1) is 0 Å². The number of rotatable bonds is 3. The summed E-state index contributed by atoms with van der Waals surface area (Å²) in [6.45, 7) is 1.67. The van der Waals surface area contributed by atoms with Gasteiger partial charge in [-0.05, 0) is 12.1 Å². The first-order valence-corrected chi connectivity index (χ1v) is 5.69. The molecule has 0 saturated carbocycles. The van der Waals surface area contributed by atoms with E-state index in [4.69, 9.17) is 0 Å². The van der Waals surface area contributed by atoms with E-state index in [1.165, 1.54) is 0 Å². The van der Waals surface area contributed by atoms with Gasteiger partial charge < -0.3 is 5.32 Å². The number of ketones is 1. The first kappa shape index (κ1) is 11.7. The number of pyridine rings is 1. The molecule has 0 unspecified atom stereocenters. The van der Waals surface area contributed by atoms with Crippen LogP contribution in [-0.2, 0) is 9.59 Å².